The lowest BCUT2D eigenvalue weighted by Gasteiger charge is -2.37. The van der Waals surface area contributed by atoms with Crippen LogP contribution in [0.1, 0.15) is 19.3 Å². The van der Waals surface area contributed by atoms with Crippen molar-refractivity contribution < 1.29 is 15.3 Å². The molecule has 2 aliphatic heterocycles. The maximum atomic E-state index is 9.64. The Morgan fingerprint density at radius 1 is 1.36 bits per heavy atom. The van der Waals surface area contributed by atoms with Crippen molar-refractivity contribution >= 4 is 0 Å². The monoisotopic (exact) mass is 159 g/mol. The summed E-state index contributed by atoms with van der Waals surface area (Å²) in [4.78, 5) is 0. The van der Waals surface area contributed by atoms with Gasteiger partial charge in [-0.15, -0.1) is 0 Å². The molecule has 0 amide bonds. The minimum atomic E-state index is -1.22. The molecule has 4 N–H and O–H groups in total. The van der Waals surface area contributed by atoms with E-state index in [9.17, 15) is 15.3 Å². The zero-order chi connectivity index (χ0) is 8.06. The van der Waals surface area contributed by atoms with Crippen LogP contribution in [-0.4, -0.2) is 39.3 Å². The van der Waals surface area contributed by atoms with Gasteiger partial charge in [-0.05, 0) is 19.3 Å². The Balaban J connectivity index is 2.21. The van der Waals surface area contributed by atoms with Crippen LogP contribution in [0.3, 0.4) is 0 Å². The van der Waals surface area contributed by atoms with Crippen LogP contribution in [0.2, 0.25) is 0 Å². The van der Waals surface area contributed by atoms with Crippen molar-refractivity contribution in [3.63, 3.8) is 0 Å². The summed E-state index contributed by atoms with van der Waals surface area (Å²) in [5, 5.41) is 31.2. The largest absolute Gasteiger partial charge is 0.390 e. The quantitative estimate of drug-likeness (QED) is 0.349. The van der Waals surface area contributed by atoms with Crippen molar-refractivity contribution in [2.75, 3.05) is 0 Å². The van der Waals surface area contributed by atoms with Crippen LogP contribution in [0.25, 0.3) is 0 Å². The SMILES string of the molecule is O[C@@H]1C[C@@H]2CC[C@@](O)(N2)[C@H]1O. The van der Waals surface area contributed by atoms with Gasteiger partial charge in [0.25, 0.3) is 0 Å². The molecule has 0 radical (unpaired) electrons. The van der Waals surface area contributed by atoms with E-state index in [1.807, 2.05) is 0 Å². The molecule has 0 aromatic rings. The fourth-order valence-electron chi connectivity index (χ4n) is 2.04. The predicted octanol–water partition coefficient (Wildman–Crippen LogP) is -1.45. The molecule has 11 heavy (non-hydrogen) atoms. The zero-order valence-corrected chi connectivity index (χ0v) is 6.20. The Labute approximate surface area is 64.8 Å². The minimum absolute atomic E-state index is 0.179. The van der Waals surface area contributed by atoms with E-state index in [1.54, 1.807) is 0 Å². The first kappa shape index (κ1) is 7.49. The third-order valence-electron chi connectivity index (χ3n) is 2.71. The second-order valence-corrected chi connectivity index (χ2v) is 3.55. The Hall–Kier alpha value is -0.160. The maximum Gasteiger partial charge on any atom is 0.144 e. The molecule has 64 valence electrons. The van der Waals surface area contributed by atoms with Crippen LogP contribution < -0.4 is 5.32 Å². The highest BCUT2D eigenvalue weighted by atomic mass is 16.4. The summed E-state index contributed by atoms with van der Waals surface area (Å²) in [6, 6.07) is 0.179. The molecule has 0 saturated carbocycles. The summed E-state index contributed by atoms with van der Waals surface area (Å²) in [5.74, 6) is 0. The Morgan fingerprint density at radius 3 is 2.82 bits per heavy atom. The molecule has 4 heteroatoms. The van der Waals surface area contributed by atoms with Gasteiger partial charge in [0.05, 0.1) is 6.10 Å². The van der Waals surface area contributed by atoms with Gasteiger partial charge in [-0.25, -0.2) is 0 Å². The van der Waals surface area contributed by atoms with E-state index < -0.39 is 17.9 Å². The standard InChI is InChI=1S/C7H13NO3/c9-5-3-4-1-2-7(11,8-4)6(5)10/h4-6,8-11H,1-3H2/t4-,5+,6-,7-/m0/s1. The number of piperidine rings is 1. The predicted molar refractivity (Wildman–Crippen MR) is 37.7 cm³/mol. The Kier molecular flexibility index (Phi) is 1.47. The molecular weight excluding hydrogens is 146 g/mol. The molecule has 2 bridgehead atoms. The van der Waals surface area contributed by atoms with Gasteiger partial charge in [0.1, 0.15) is 11.8 Å². The summed E-state index contributed by atoms with van der Waals surface area (Å²) in [7, 11) is 0. The van der Waals surface area contributed by atoms with Gasteiger partial charge >= 0.3 is 0 Å². The van der Waals surface area contributed by atoms with Crippen LogP contribution in [-0.2, 0) is 0 Å². The van der Waals surface area contributed by atoms with Gasteiger partial charge in [-0.3, -0.25) is 5.32 Å². The van der Waals surface area contributed by atoms with Crippen molar-refractivity contribution in [3.05, 3.63) is 0 Å². The summed E-state index contributed by atoms with van der Waals surface area (Å²) in [6.07, 6.45) is 0.124. The molecule has 0 aromatic carbocycles. The van der Waals surface area contributed by atoms with Crippen LogP contribution in [0, 0.1) is 0 Å². The molecule has 2 saturated heterocycles. The summed E-state index contributed by atoms with van der Waals surface area (Å²) < 4.78 is 0. The molecule has 0 unspecified atom stereocenters. The van der Waals surface area contributed by atoms with Crippen LogP contribution >= 0.6 is 0 Å². The second-order valence-electron chi connectivity index (χ2n) is 3.55. The first-order valence-electron chi connectivity index (χ1n) is 3.98. The van der Waals surface area contributed by atoms with Gasteiger partial charge in [0.15, 0.2) is 0 Å². The topological polar surface area (TPSA) is 72.7 Å². The van der Waals surface area contributed by atoms with Crippen LogP contribution in [0.15, 0.2) is 0 Å². The molecule has 0 spiro atoms. The van der Waals surface area contributed by atoms with E-state index in [-0.39, 0.29) is 6.04 Å². The van der Waals surface area contributed by atoms with Crippen molar-refractivity contribution in [1.29, 1.82) is 0 Å². The van der Waals surface area contributed by atoms with Gasteiger partial charge in [0, 0.05) is 6.04 Å². The normalized spacial score (nSPS) is 56.5. The number of aliphatic hydroxyl groups excluding tert-OH is 2. The Bertz CT molecular complexity index is 175. The van der Waals surface area contributed by atoms with E-state index in [2.05, 4.69) is 5.32 Å². The molecule has 0 aromatic heterocycles. The van der Waals surface area contributed by atoms with E-state index in [0.29, 0.717) is 12.8 Å². The van der Waals surface area contributed by atoms with Crippen LogP contribution in [0.5, 0.6) is 0 Å². The summed E-state index contributed by atoms with van der Waals surface area (Å²) in [6.45, 7) is 0. The number of nitrogens with one attached hydrogen (secondary N) is 1. The van der Waals surface area contributed by atoms with Crippen molar-refractivity contribution in [1.82, 2.24) is 5.32 Å². The lowest BCUT2D eigenvalue weighted by molar-refractivity contribution is -0.153. The van der Waals surface area contributed by atoms with Gasteiger partial charge in [-0.1, -0.05) is 0 Å². The van der Waals surface area contributed by atoms with Crippen molar-refractivity contribution in [3.8, 4) is 0 Å². The molecule has 4 nitrogen and oxygen atoms in total. The van der Waals surface area contributed by atoms with Gasteiger partial charge < -0.3 is 15.3 Å². The number of rotatable bonds is 0. The highest BCUT2D eigenvalue weighted by Crippen LogP contribution is 2.33. The van der Waals surface area contributed by atoms with Gasteiger partial charge in [-0.2, -0.15) is 0 Å². The van der Waals surface area contributed by atoms with E-state index in [4.69, 9.17) is 0 Å². The second kappa shape index (κ2) is 2.17. The lowest BCUT2D eigenvalue weighted by atomic mass is 9.96. The smallest absolute Gasteiger partial charge is 0.144 e. The molecular formula is C7H13NO3. The lowest BCUT2D eigenvalue weighted by Crippen LogP contribution is -2.61. The van der Waals surface area contributed by atoms with E-state index >= 15 is 0 Å². The Morgan fingerprint density at radius 2 is 2.09 bits per heavy atom. The number of aliphatic hydroxyl groups is 3. The van der Waals surface area contributed by atoms with Gasteiger partial charge in [0.2, 0.25) is 0 Å². The van der Waals surface area contributed by atoms with E-state index in [1.165, 1.54) is 0 Å². The van der Waals surface area contributed by atoms with Crippen molar-refractivity contribution in [2.24, 2.45) is 0 Å². The minimum Gasteiger partial charge on any atom is -0.390 e. The highest BCUT2D eigenvalue weighted by Gasteiger charge is 2.50. The maximum absolute atomic E-state index is 9.64. The van der Waals surface area contributed by atoms with Crippen molar-refractivity contribution in [2.45, 2.75) is 43.2 Å². The van der Waals surface area contributed by atoms with E-state index in [0.717, 1.165) is 6.42 Å². The summed E-state index contributed by atoms with van der Waals surface area (Å²) >= 11 is 0. The number of hydrogen-bond donors (Lipinski definition) is 4. The number of hydrogen-bond acceptors (Lipinski definition) is 4. The summed E-state index contributed by atoms with van der Waals surface area (Å²) in [5.41, 5.74) is -1.22. The third-order valence-corrected chi connectivity index (χ3v) is 2.71. The molecule has 2 heterocycles. The fourth-order valence-corrected chi connectivity index (χ4v) is 2.04. The first-order chi connectivity index (χ1) is 5.12. The zero-order valence-electron chi connectivity index (χ0n) is 6.20. The first-order valence-corrected chi connectivity index (χ1v) is 3.98. The molecule has 4 atom stereocenters. The van der Waals surface area contributed by atoms with Crippen LogP contribution in [0.4, 0.5) is 0 Å². The average molecular weight is 159 g/mol. The number of fused-ring (bicyclic) bond motifs is 2. The molecule has 2 rings (SSSR count). The molecule has 0 aliphatic carbocycles. The third kappa shape index (κ3) is 0.980. The molecule has 2 fully saturated rings. The molecule has 2 aliphatic rings. The fraction of sp³-hybridized carbons (Fsp3) is 1.00. The highest BCUT2D eigenvalue weighted by molar-refractivity contribution is 5.02. The average Bonchev–Trinajstić information content (AvgIpc) is 2.27.